The quantitative estimate of drug-likeness (QED) is 0.273. The van der Waals surface area contributed by atoms with Crippen LogP contribution in [0.1, 0.15) is 5.69 Å². The minimum atomic E-state index is -4.61. The van der Waals surface area contributed by atoms with Gasteiger partial charge in [0.1, 0.15) is 16.3 Å². The lowest BCUT2D eigenvalue weighted by atomic mass is 10.1. The molecule has 0 aliphatic carbocycles. The number of azo groups is 1. The average Bonchev–Trinajstić information content (AvgIpc) is 3.05. The molecule has 0 bridgehead atoms. The Morgan fingerprint density at radius 1 is 0.882 bits per heavy atom. The number of hydrogen-bond donors (Lipinski definition) is 3. The number of phenols is 1. The predicted octanol–water partition coefficient (Wildman–Crippen LogP) is 3.81. The van der Waals surface area contributed by atoms with Crippen LogP contribution in [0.3, 0.4) is 0 Å². The first-order valence-corrected chi connectivity index (χ1v) is 12.9. The van der Waals surface area contributed by atoms with Gasteiger partial charge in [-0.25, -0.2) is 8.42 Å². The van der Waals surface area contributed by atoms with Gasteiger partial charge in [-0.2, -0.15) is 18.2 Å². The molecule has 34 heavy (non-hydrogen) atoms. The van der Waals surface area contributed by atoms with Gasteiger partial charge in [-0.1, -0.05) is 24.3 Å². The third-order valence-corrected chi connectivity index (χ3v) is 7.02. The number of aromatic nitrogens is 2. The molecule has 11 nitrogen and oxygen atoms in total. The van der Waals surface area contributed by atoms with Crippen molar-refractivity contribution in [2.75, 3.05) is 6.26 Å². The van der Waals surface area contributed by atoms with E-state index >= 15 is 0 Å². The molecule has 4 aromatic rings. The lowest BCUT2D eigenvalue weighted by Gasteiger charge is -2.08. The van der Waals surface area contributed by atoms with Crippen LogP contribution in [0.5, 0.6) is 11.6 Å². The van der Waals surface area contributed by atoms with E-state index in [0.29, 0.717) is 5.69 Å². The monoisotopic (exact) mass is 502 g/mol. The maximum atomic E-state index is 11.7. The van der Waals surface area contributed by atoms with Crippen molar-refractivity contribution in [3.63, 3.8) is 0 Å². The lowest BCUT2D eigenvalue weighted by molar-refractivity contribution is 0.434. The number of sulfone groups is 1. The van der Waals surface area contributed by atoms with Crippen molar-refractivity contribution in [1.29, 1.82) is 0 Å². The van der Waals surface area contributed by atoms with Crippen LogP contribution in [-0.4, -0.2) is 47.6 Å². The van der Waals surface area contributed by atoms with Crippen molar-refractivity contribution >= 4 is 42.1 Å². The van der Waals surface area contributed by atoms with Crippen LogP contribution in [0.15, 0.2) is 74.6 Å². The van der Waals surface area contributed by atoms with Crippen molar-refractivity contribution in [3.8, 4) is 17.3 Å². The van der Waals surface area contributed by atoms with Gasteiger partial charge in [0.2, 0.25) is 5.88 Å². The fraction of sp³-hybridized carbons (Fsp3) is 0.0952. The fourth-order valence-corrected chi connectivity index (χ4v) is 4.72. The van der Waals surface area contributed by atoms with Crippen molar-refractivity contribution in [2.24, 2.45) is 10.2 Å². The lowest BCUT2D eigenvalue weighted by Crippen LogP contribution is -1.99. The minimum absolute atomic E-state index is 0.0190. The Bertz CT molecular complexity index is 1670. The maximum Gasteiger partial charge on any atom is 0.295 e. The number of hydrogen-bond acceptors (Lipinski definition) is 9. The molecular weight excluding hydrogens is 484 g/mol. The molecule has 0 aliphatic rings. The molecule has 3 N–H and O–H groups in total. The average molecular weight is 503 g/mol. The summed E-state index contributed by atoms with van der Waals surface area (Å²) in [6.45, 7) is 1.56. The van der Waals surface area contributed by atoms with E-state index in [9.17, 15) is 31.6 Å². The molecule has 0 amide bonds. The Morgan fingerprint density at radius 2 is 1.47 bits per heavy atom. The molecule has 1 aromatic heterocycles. The van der Waals surface area contributed by atoms with Crippen molar-refractivity contribution < 1.29 is 31.6 Å². The summed E-state index contributed by atoms with van der Waals surface area (Å²) >= 11 is 0. The number of phenolic OH excluding ortho intramolecular Hbond substituents is 1. The zero-order valence-electron chi connectivity index (χ0n) is 17.8. The Labute approximate surface area is 194 Å². The molecule has 0 unspecified atom stereocenters. The van der Waals surface area contributed by atoms with Crippen molar-refractivity contribution in [3.05, 3.63) is 60.3 Å². The van der Waals surface area contributed by atoms with Crippen LogP contribution in [0.4, 0.5) is 11.4 Å². The molecule has 0 atom stereocenters. The second-order valence-electron chi connectivity index (χ2n) is 7.40. The zero-order chi connectivity index (χ0) is 24.8. The number of nitrogens with zero attached hydrogens (tertiary/aromatic N) is 4. The highest BCUT2D eigenvalue weighted by atomic mass is 32.2. The van der Waals surface area contributed by atoms with Crippen LogP contribution in [0.2, 0.25) is 0 Å². The van der Waals surface area contributed by atoms with Gasteiger partial charge in [0, 0.05) is 23.1 Å². The van der Waals surface area contributed by atoms with Gasteiger partial charge in [-0.15, -0.1) is 10.2 Å². The first kappa shape index (κ1) is 23.4. The van der Waals surface area contributed by atoms with Crippen molar-refractivity contribution in [2.45, 2.75) is 16.7 Å². The van der Waals surface area contributed by atoms with Gasteiger partial charge in [-0.3, -0.25) is 4.55 Å². The Hall–Kier alpha value is -3.81. The first-order chi connectivity index (χ1) is 15.9. The fourth-order valence-electron chi connectivity index (χ4n) is 3.37. The molecule has 0 spiro atoms. The molecule has 0 fully saturated rings. The Kier molecular flexibility index (Phi) is 5.63. The molecule has 3 aromatic carbocycles. The summed E-state index contributed by atoms with van der Waals surface area (Å²) in [5, 5.41) is 33.6. The Balaban J connectivity index is 1.79. The normalized spacial score (nSPS) is 12.6. The summed E-state index contributed by atoms with van der Waals surface area (Å²) in [5.41, 5.74) is 0.564. The minimum Gasteiger partial charge on any atom is -0.506 e. The summed E-state index contributed by atoms with van der Waals surface area (Å²) in [5.74, 6) is -0.928. The van der Waals surface area contributed by atoms with Crippen LogP contribution in [0, 0.1) is 6.92 Å². The van der Waals surface area contributed by atoms with E-state index in [1.165, 1.54) is 36.4 Å². The van der Waals surface area contributed by atoms with E-state index in [-0.39, 0.29) is 38.6 Å². The van der Waals surface area contributed by atoms with Gasteiger partial charge in [0.15, 0.2) is 15.5 Å². The maximum absolute atomic E-state index is 11.7. The molecule has 176 valence electrons. The van der Waals surface area contributed by atoms with E-state index < -0.39 is 30.6 Å². The summed E-state index contributed by atoms with van der Waals surface area (Å²) in [6.07, 6.45) is 1.08. The third kappa shape index (κ3) is 4.23. The topological polar surface area (TPSA) is 172 Å². The number of rotatable bonds is 5. The number of aryl methyl sites for hydroxylation is 1. The van der Waals surface area contributed by atoms with E-state index in [1.54, 1.807) is 19.1 Å². The summed E-state index contributed by atoms with van der Waals surface area (Å²) < 4.78 is 57.4. The van der Waals surface area contributed by atoms with Gasteiger partial charge in [0.25, 0.3) is 10.1 Å². The summed E-state index contributed by atoms with van der Waals surface area (Å²) in [7, 11) is -8.00. The van der Waals surface area contributed by atoms with Gasteiger partial charge < -0.3 is 10.2 Å². The molecule has 4 rings (SSSR count). The van der Waals surface area contributed by atoms with Crippen LogP contribution >= 0.6 is 0 Å². The standard InChI is InChI=1S/C21H18N4O7S2/c1-12-19(21(27)25(24-12)13-7-9-14(10-8-13)33(2,28)29)22-23-20-16-6-4-3-5-15(16)18(11-17(20)26)34(30,31)32/h3-11,26-27H,1-2H3,(H,30,31,32). The van der Waals surface area contributed by atoms with E-state index in [2.05, 4.69) is 15.3 Å². The molecule has 1 heterocycles. The van der Waals surface area contributed by atoms with E-state index in [1.807, 2.05) is 0 Å². The summed E-state index contributed by atoms with van der Waals surface area (Å²) in [4.78, 5) is -0.376. The second kappa shape index (κ2) is 8.20. The molecule has 0 saturated carbocycles. The third-order valence-electron chi connectivity index (χ3n) is 5.00. The molecule has 0 radical (unpaired) electrons. The molecule has 13 heteroatoms. The van der Waals surface area contributed by atoms with E-state index in [4.69, 9.17) is 0 Å². The highest BCUT2D eigenvalue weighted by molar-refractivity contribution is 7.90. The first-order valence-electron chi connectivity index (χ1n) is 9.61. The number of benzene rings is 3. The molecule has 0 saturated heterocycles. The largest absolute Gasteiger partial charge is 0.506 e. The molecular formula is C21H18N4O7S2. The predicted molar refractivity (Wildman–Crippen MR) is 123 cm³/mol. The van der Waals surface area contributed by atoms with Crippen LogP contribution in [-0.2, 0) is 20.0 Å². The second-order valence-corrected chi connectivity index (χ2v) is 10.8. The smallest absolute Gasteiger partial charge is 0.295 e. The van der Waals surface area contributed by atoms with Crippen LogP contribution in [0.25, 0.3) is 16.5 Å². The zero-order valence-corrected chi connectivity index (χ0v) is 19.4. The highest BCUT2D eigenvalue weighted by Crippen LogP contribution is 2.41. The highest BCUT2D eigenvalue weighted by Gasteiger charge is 2.21. The van der Waals surface area contributed by atoms with Crippen LogP contribution < -0.4 is 0 Å². The summed E-state index contributed by atoms with van der Waals surface area (Å²) in [6, 6.07) is 12.7. The number of aromatic hydroxyl groups is 2. The van der Waals surface area contributed by atoms with E-state index in [0.717, 1.165) is 17.0 Å². The van der Waals surface area contributed by atoms with Gasteiger partial charge in [-0.05, 0) is 31.2 Å². The number of fused-ring (bicyclic) bond motifs is 1. The Morgan fingerprint density at radius 3 is 2.06 bits per heavy atom. The van der Waals surface area contributed by atoms with Crippen molar-refractivity contribution in [1.82, 2.24) is 9.78 Å². The van der Waals surface area contributed by atoms with Gasteiger partial charge >= 0.3 is 0 Å². The SMILES string of the molecule is Cc1nn(-c2ccc(S(C)(=O)=O)cc2)c(O)c1N=Nc1c(O)cc(S(=O)(=O)O)c2ccccc12. The van der Waals surface area contributed by atoms with Gasteiger partial charge in [0.05, 0.1) is 16.3 Å². The molecule has 0 aliphatic heterocycles.